The van der Waals surface area contributed by atoms with Crippen LogP contribution in [0.15, 0.2) is 48.5 Å². The minimum atomic E-state index is -1.23. The summed E-state index contributed by atoms with van der Waals surface area (Å²) in [5.74, 6) is -2.17. The molecule has 2 aromatic rings. The fourth-order valence-electron chi connectivity index (χ4n) is 2.20. The van der Waals surface area contributed by atoms with Crippen molar-refractivity contribution in [3.05, 3.63) is 75.3 Å². The third kappa shape index (κ3) is 4.88. The summed E-state index contributed by atoms with van der Waals surface area (Å²) >= 11 is 0. The molecule has 0 aromatic heterocycles. The van der Waals surface area contributed by atoms with E-state index in [2.05, 4.69) is 10.9 Å². The summed E-state index contributed by atoms with van der Waals surface area (Å²) in [6.07, 6.45) is -1.23. The van der Waals surface area contributed by atoms with E-state index >= 15 is 0 Å². The first-order valence-electron chi connectivity index (χ1n) is 7.91. The zero-order chi connectivity index (χ0) is 20.0. The van der Waals surface area contributed by atoms with Crippen LogP contribution in [0.25, 0.3) is 0 Å². The number of ether oxygens (including phenoxy) is 1. The maximum Gasteiger partial charge on any atom is 0.339 e. The molecule has 0 unspecified atom stereocenters. The van der Waals surface area contributed by atoms with Gasteiger partial charge in [-0.15, -0.1) is 0 Å². The van der Waals surface area contributed by atoms with Crippen molar-refractivity contribution in [3.8, 4) is 0 Å². The molecule has 1 atom stereocenters. The Balaban J connectivity index is 1.96. The molecule has 0 aliphatic carbocycles. The number of hydrazine groups is 1. The molecule has 0 spiro atoms. The summed E-state index contributed by atoms with van der Waals surface area (Å²) in [6.45, 7) is 2.73. The Hall–Kier alpha value is -3.75. The Morgan fingerprint density at radius 1 is 1.04 bits per heavy atom. The molecule has 0 fully saturated rings. The minimum Gasteiger partial charge on any atom is -0.449 e. The van der Waals surface area contributed by atoms with Gasteiger partial charge in [0, 0.05) is 17.2 Å². The van der Waals surface area contributed by atoms with E-state index in [1.807, 2.05) is 0 Å². The summed E-state index contributed by atoms with van der Waals surface area (Å²) in [7, 11) is 0. The summed E-state index contributed by atoms with van der Waals surface area (Å²) < 4.78 is 5.03. The maximum absolute atomic E-state index is 12.2. The number of nitrogens with zero attached hydrogens (tertiary/aromatic N) is 1. The molecule has 0 aliphatic heterocycles. The third-order valence-electron chi connectivity index (χ3n) is 3.71. The van der Waals surface area contributed by atoms with Crippen molar-refractivity contribution in [1.29, 1.82) is 0 Å². The van der Waals surface area contributed by atoms with E-state index in [1.165, 1.54) is 32.0 Å². The van der Waals surface area contributed by atoms with Crippen LogP contribution in [-0.4, -0.2) is 28.8 Å². The van der Waals surface area contributed by atoms with Gasteiger partial charge < -0.3 is 4.74 Å². The number of amides is 2. The predicted molar refractivity (Wildman–Crippen MR) is 94.8 cm³/mol. The third-order valence-corrected chi connectivity index (χ3v) is 3.71. The number of nitro groups is 1. The average Bonchev–Trinajstić information content (AvgIpc) is 2.66. The Morgan fingerprint density at radius 3 is 2.33 bits per heavy atom. The number of nitro benzene ring substituents is 1. The van der Waals surface area contributed by atoms with Crippen LogP contribution in [0.4, 0.5) is 5.69 Å². The van der Waals surface area contributed by atoms with Gasteiger partial charge in [0.1, 0.15) is 0 Å². The van der Waals surface area contributed by atoms with E-state index in [4.69, 9.17) is 4.74 Å². The standard InChI is InChI=1S/C18H17N3O6/c1-11-14(9-6-10-15(11)21(25)26)18(24)27-12(2)16(22)19-20-17(23)13-7-4-3-5-8-13/h3-10,12H,1-2H3,(H,19,22)(H,20,23)/t12-/m1/s1. The number of hydrogen-bond acceptors (Lipinski definition) is 6. The van der Waals surface area contributed by atoms with Crippen LogP contribution < -0.4 is 10.9 Å². The van der Waals surface area contributed by atoms with Gasteiger partial charge in [-0.25, -0.2) is 4.79 Å². The highest BCUT2D eigenvalue weighted by Crippen LogP contribution is 2.22. The second-order valence-electron chi connectivity index (χ2n) is 5.56. The highest BCUT2D eigenvalue weighted by molar-refractivity contribution is 5.97. The van der Waals surface area contributed by atoms with E-state index in [-0.39, 0.29) is 16.8 Å². The van der Waals surface area contributed by atoms with Gasteiger partial charge in [0.05, 0.1) is 10.5 Å². The van der Waals surface area contributed by atoms with Gasteiger partial charge in [-0.05, 0) is 32.0 Å². The van der Waals surface area contributed by atoms with Crippen molar-refractivity contribution in [2.75, 3.05) is 0 Å². The van der Waals surface area contributed by atoms with Crippen LogP contribution in [0.2, 0.25) is 0 Å². The zero-order valence-corrected chi connectivity index (χ0v) is 14.6. The van der Waals surface area contributed by atoms with Crippen LogP contribution in [0, 0.1) is 17.0 Å². The van der Waals surface area contributed by atoms with E-state index in [0.29, 0.717) is 5.56 Å². The van der Waals surface area contributed by atoms with Crippen LogP contribution in [-0.2, 0) is 9.53 Å². The monoisotopic (exact) mass is 371 g/mol. The van der Waals surface area contributed by atoms with Crippen molar-refractivity contribution in [3.63, 3.8) is 0 Å². The first kappa shape index (κ1) is 19.6. The van der Waals surface area contributed by atoms with Gasteiger partial charge in [-0.3, -0.25) is 30.6 Å². The first-order valence-corrected chi connectivity index (χ1v) is 7.91. The number of carbonyl (C=O) groups is 3. The Morgan fingerprint density at radius 2 is 1.70 bits per heavy atom. The maximum atomic E-state index is 12.2. The smallest absolute Gasteiger partial charge is 0.339 e. The number of hydrogen-bond donors (Lipinski definition) is 2. The molecular weight excluding hydrogens is 354 g/mol. The lowest BCUT2D eigenvalue weighted by molar-refractivity contribution is -0.385. The first-order chi connectivity index (χ1) is 12.8. The molecule has 140 valence electrons. The van der Waals surface area contributed by atoms with Crippen molar-refractivity contribution >= 4 is 23.5 Å². The molecule has 9 nitrogen and oxygen atoms in total. The molecule has 2 rings (SSSR count). The van der Waals surface area contributed by atoms with Crippen molar-refractivity contribution in [2.24, 2.45) is 0 Å². The van der Waals surface area contributed by atoms with E-state index in [1.54, 1.807) is 30.3 Å². The van der Waals surface area contributed by atoms with Crippen LogP contribution in [0.5, 0.6) is 0 Å². The van der Waals surface area contributed by atoms with Crippen LogP contribution in [0.3, 0.4) is 0 Å². The van der Waals surface area contributed by atoms with Crippen molar-refractivity contribution in [2.45, 2.75) is 20.0 Å². The second-order valence-corrected chi connectivity index (χ2v) is 5.56. The topological polar surface area (TPSA) is 128 Å². The molecule has 9 heteroatoms. The summed E-state index contributed by atoms with van der Waals surface area (Å²) in [6, 6.07) is 12.2. The highest BCUT2D eigenvalue weighted by atomic mass is 16.6. The molecule has 0 radical (unpaired) electrons. The molecular formula is C18H17N3O6. The van der Waals surface area contributed by atoms with Gasteiger partial charge >= 0.3 is 5.97 Å². The lowest BCUT2D eigenvalue weighted by atomic mass is 10.1. The van der Waals surface area contributed by atoms with Gasteiger partial charge in [-0.2, -0.15) is 0 Å². The molecule has 2 amide bonds. The number of nitrogens with one attached hydrogen (secondary N) is 2. The second kappa shape index (κ2) is 8.56. The number of rotatable bonds is 5. The van der Waals surface area contributed by atoms with Crippen molar-refractivity contribution < 1.29 is 24.0 Å². The lowest BCUT2D eigenvalue weighted by Crippen LogP contribution is -2.46. The Kier molecular flexibility index (Phi) is 6.21. The summed E-state index contributed by atoms with van der Waals surface area (Å²) in [5, 5.41) is 10.9. The molecule has 0 aliphatic rings. The largest absolute Gasteiger partial charge is 0.449 e. The molecule has 0 bridgehead atoms. The fraction of sp³-hybridized carbons (Fsp3) is 0.167. The molecule has 0 saturated heterocycles. The molecule has 2 aromatic carbocycles. The van der Waals surface area contributed by atoms with E-state index in [0.717, 1.165) is 0 Å². The predicted octanol–water partition coefficient (Wildman–Crippen LogP) is 1.91. The molecule has 27 heavy (non-hydrogen) atoms. The summed E-state index contributed by atoms with van der Waals surface area (Å²) in [5.41, 5.74) is 4.60. The van der Waals surface area contributed by atoms with E-state index in [9.17, 15) is 24.5 Å². The van der Waals surface area contributed by atoms with Gasteiger partial charge in [0.25, 0.3) is 17.5 Å². The average molecular weight is 371 g/mol. The van der Waals surface area contributed by atoms with Gasteiger partial charge in [0.15, 0.2) is 6.10 Å². The Bertz CT molecular complexity index is 882. The number of esters is 1. The van der Waals surface area contributed by atoms with Crippen molar-refractivity contribution in [1.82, 2.24) is 10.9 Å². The van der Waals surface area contributed by atoms with Gasteiger partial charge in [-0.1, -0.05) is 24.3 Å². The quantitative estimate of drug-likeness (QED) is 0.469. The Labute approximate surface area is 154 Å². The van der Waals surface area contributed by atoms with Crippen LogP contribution in [0.1, 0.15) is 33.2 Å². The fourth-order valence-corrected chi connectivity index (χ4v) is 2.20. The van der Waals surface area contributed by atoms with E-state index < -0.39 is 28.8 Å². The zero-order valence-electron chi connectivity index (χ0n) is 14.6. The van der Waals surface area contributed by atoms with Gasteiger partial charge in [0.2, 0.25) is 0 Å². The highest BCUT2D eigenvalue weighted by Gasteiger charge is 2.23. The number of carbonyl (C=O) groups excluding carboxylic acids is 3. The minimum absolute atomic E-state index is 0.0165. The van der Waals surface area contributed by atoms with Crippen LogP contribution >= 0.6 is 0 Å². The summed E-state index contributed by atoms with van der Waals surface area (Å²) in [4.78, 5) is 46.4. The molecule has 2 N–H and O–H groups in total. The normalized spacial score (nSPS) is 11.2. The lowest BCUT2D eigenvalue weighted by Gasteiger charge is -2.14. The SMILES string of the molecule is Cc1c(C(=O)O[C@H](C)C(=O)NNC(=O)c2ccccc2)cccc1[N+](=O)[O-]. The molecule has 0 heterocycles. The number of benzene rings is 2. The molecule has 0 saturated carbocycles.